The first-order chi connectivity index (χ1) is 25.6. The predicted octanol–water partition coefficient (Wildman–Crippen LogP) is 6.45. The molecule has 53 heavy (non-hydrogen) atoms. The van der Waals surface area contributed by atoms with Crippen molar-refractivity contribution in [3.8, 4) is 0 Å². The number of rotatable bonds is 14. The SMILES string of the molecule is Cc1ccc(S(=O)(=O)N[C@H](Cc2ccccc2)C(=O)Nc2cccc(C3O[C@H](CSc4ncccc4C(=O)O)C[C@H](c4ccc(CO)cc4)O3)c2)cc1. The summed E-state index contributed by atoms with van der Waals surface area (Å²) in [5, 5.41) is 22.5. The number of aryl methyl sites for hydroxylation is 1. The zero-order valence-electron chi connectivity index (χ0n) is 28.8. The van der Waals surface area contributed by atoms with Gasteiger partial charge in [-0.05, 0) is 66.4 Å². The molecular weight excluding hydrogens is 715 g/mol. The van der Waals surface area contributed by atoms with Crippen molar-refractivity contribution >= 4 is 39.3 Å². The molecule has 0 saturated carbocycles. The Balaban J connectivity index is 1.23. The molecule has 13 heteroatoms. The zero-order chi connectivity index (χ0) is 37.4. The minimum Gasteiger partial charge on any atom is -0.478 e. The van der Waals surface area contributed by atoms with E-state index in [1.807, 2.05) is 67.6 Å². The molecule has 4 atom stereocenters. The number of aliphatic hydroxyl groups is 1. The van der Waals surface area contributed by atoms with Crippen LogP contribution in [-0.4, -0.2) is 53.4 Å². The number of carbonyl (C=O) groups excluding carboxylic acids is 1. The van der Waals surface area contributed by atoms with Gasteiger partial charge in [0, 0.05) is 29.6 Å². The van der Waals surface area contributed by atoms with Crippen molar-refractivity contribution in [1.29, 1.82) is 0 Å². The number of amides is 1. The van der Waals surface area contributed by atoms with Crippen molar-refractivity contribution in [1.82, 2.24) is 9.71 Å². The number of thioether (sulfide) groups is 1. The van der Waals surface area contributed by atoms with Crippen molar-refractivity contribution in [3.63, 3.8) is 0 Å². The molecule has 2 heterocycles. The third kappa shape index (κ3) is 9.96. The number of carboxylic acid groups (broad SMARTS) is 1. The van der Waals surface area contributed by atoms with Gasteiger partial charge in [-0.1, -0.05) is 84.4 Å². The van der Waals surface area contributed by atoms with Gasteiger partial charge in [-0.3, -0.25) is 4.79 Å². The molecule has 274 valence electrons. The Morgan fingerprint density at radius 2 is 1.64 bits per heavy atom. The normalized spacial score (nSPS) is 17.9. The van der Waals surface area contributed by atoms with E-state index < -0.39 is 40.3 Å². The fourth-order valence-electron chi connectivity index (χ4n) is 5.87. The summed E-state index contributed by atoms with van der Waals surface area (Å²) in [4.78, 5) is 30.0. The minimum absolute atomic E-state index is 0.0538. The zero-order valence-corrected chi connectivity index (χ0v) is 30.4. The number of nitrogens with one attached hydrogen (secondary N) is 2. The van der Waals surface area contributed by atoms with E-state index in [-0.39, 0.29) is 29.6 Å². The summed E-state index contributed by atoms with van der Waals surface area (Å²) < 4.78 is 42.3. The van der Waals surface area contributed by atoms with Crippen LogP contribution in [0.25, 0.3) is 0 Å². The number of sulfonamides is 1. The van der Waals surface area contributed by atoms with E-state index in [0.717, 1.165) is 22.3 Å². The van der Waals surface area contributed by atoms with E-state index in [1.165, 1.54) is 30.0 Å². The Kier molecular flexibility index (Phi) is 12.3. The Morgan fingerprint density at radius 3 is 2.36 bits per heavy atom. The number of hydrogen-bond donors (Lipinski definition) is 4. The van der Waals surface area contributed by atoms with Crippen LogP contribution < -0.4 is 10.0 Å². The van der Waals surface area contributed by atoms with Gasteiger partial charge in [0.15, 0.2) is 6.29 Å². The molecule has 11 nitrogen and oxygen atoms in total. The van der Waals surface area contributed by atoms with Crippen molar-refractivity contribution in [3.05, 3.63) is 155 Å². The molecule has 1 aromatic heterocycles. The summed E-state index contributed by atoms with van der Waals surface area (Å²) in [5.74, 6) is -1.23. The second-order valence-corrected chi connectivity index (χ2v) is 15.3. The highest BCUT2D eigenvalue weighted by molar-refractivity contribution is 7.99. The number of aliphatic hydroxyl groups excluding tert-OH is 1. The number of aromatic carboxylic acids is 1. The predicted molar refractivity (Wildman–Crippen MR) is 201 cm³/mol. The molecule has 1 fully saturated rings. The van der Waals surface area contributed by atoms with Crippen LogP contribution in [0.5, 0.6) is 0 Å². The van der Waals surface area contributed by atoms with E-state index in [4.69, 9.17) is 9.47 Å². The van der Waals surface area contributed by atoms with Crippen LogP contribution in [0.3, 0.4) is 0 Å². The van der Waals surface area contributed by atoms with Crippen molar-refractivity contribution < 1.29 is 37.7 Å². The summed E-state index contributed by atoms with van der Waals surface area (Å²) in [5.41, 5.74) is 4.45. The van der Waals surface area contributed by atoms with E-state index in [9.17, 15) is 28.2 Å². The summed E-state index contributed by atoms with van der Waals surface area (Å²) in [6, 6.07) is 31.9. The molecule has 1 aliphatic heterocycles. The lowest BCUT2D eigenvalue weighted by Crippen LogP contribution is -2.45. The average Bonchev–Trinajstić information content (AvgIpc) is 3.17. The average molecular weight is 754 g/mol. The number of nitrogens with zero attached hydrogens (tertiary/aromatic N) is 1. The molecule has 1 unspecified atom stereocenters. The van der Waals surface area contributed by atoms with Crippen LogP contribution in [-0.2, 0) is 37.3 Å². The third-order valence-corrected chi connectivity index (χ3v) is 11.3. The number of aromatic nitrogens is 1. The van der Waals surface area contributed by atoms with E-state index in [0.29, 0.717) is 28.5 Å². The minimum atomic E-state index is -4.04. The molecule has 1 saturated heterocycles. The van der Waals surface area contributed by atoms with E-state index in [2.05, 4.69) is 15.0 Å². The fraction of sp³-hybridized carbons (Fsp3) is 0.225. The Labute approximate surface area is 312 Å². The van der Waals surface area contributed by atoms with Gasteiger partial charge in [-0.25, -0.2) is 18.2 Å². The number of carboxylic acids is 1. The molecule has 6 rings (SSSR count). The van der Waals surface area contributed by atoms with Gasteiger partial charge in [0.1, 0.15) is 11.1 Å². The first kappa shape index (κ1) is 37.9. The highest BCUT2D eigenvalue weighted by atomic mass is 32.2. The van der Waals surface area contributed by atoms with E-state index >= 15 is 0 Å². The molecule has 0 bridgehead atoms. The topological polar surface area (TPSA) is 164 Å². The maximum atomic E-state index is 13.8. The largest absolute Gasteiger partial charge is 0.478 e. The number of benzene rings is 4. The van der Waals surface area contributed by atoms with Gasteiger partial charge in [-0.15, -0.1) is 11.8 Å². The maximum absolute atomic E-state index is 13.8. The molecule has 0 spiro atoms. The third-order valence-electron chi connectivity index (χ3n) is 8.68. The first-order valence-corrected chi connectivity index (χ1v) is 19.4. The molecule has 5 aromatic rings. The molecule has 0 radical (unpaired) electrons. The number of hydrogen-bond acceptors (Lipinski definition) is 9. The smallest absolute Gasteiger partial charge is 0.338 e. The van der Waals surface area contributed by atoms with Crippen LogP contribution in [0.2, 0.25) is 0 Å². The van der Waals surface area contributed by atoms with Crippen LogP contribution in [0.4, 0.5) is 5.69 Å². The monoisotopic (exact) mass is 753 g/mol. The van der Waals surface area contributed by atoms with Crippen molar-refractivity contribution in [2.75, 3.05) is 11.1 Å². The van der Waals surface area contributed by atoms with Crippen LogP contribution in [0.1, 0.15) is 57.0 Å². The van der Waals surface area contributed by atoms with Crippen LogP contribution in [0.15, 0.2) is 131 Å². The van der Waals surface area contributed by atoms with Crippen LogP contribution in [0, 0.1) is 6.92 Å². The summed E-state index contributed by atoms with van der Waals surface area (Å²) in [7, 11) is -4.04. The quantitative estimate of drug-likeness (QED) is 0.0928. The lowest BCUT2D eigenvalue weighted by Gasteiger charge is -2.36. The summed E-state index contributed by atoms with van der Waals surface area (Å²) in [6.07, 6.45) is 0.481. The molecule has 1 aliphatic rings. The van der Waals surface area contributed by atoms with Gasteiger partial charge in [0.2, 0.25) is 15.9 Å². The Bertz CT molecular complexity index is 2130. The molecular formula is C40H39N3O8S2. The molecule has 0 aliphatic carbocycles. The molecule has 4 aromatic carbocycles. The van der Waals surface area contributed by atoms with Crippen molar-refractivity contribution in [2.45, 2.75) is 60.8 Å². The van der Waals surface area contributed by atoms with Gasteiger partial charge in [-0.2, -0.15) is 4.72 Å². The fourth-order valence-corrected chi connectivity index (χ4v) is 8.07. The van der Waals surface area contributed by atoms with Gasteiger partial charge in [0.25, 0.3) is 0 Å². The Hall–Kier alpha value is -4.89. The lowest BCUT2D eigenvalue weighted by molar-refractivity contribution is -0.245. The van der Waals surface area contributed by atoms with Gasteiger partial charge >= 0.3 is 5.97 Å². The number of anilines is 1. The van der Waals surface area contributed by atoms with Gasteiger partial charge < -0.3 is 25.0 Å². The lowest BCUT2D eigenvalue weighted by atomic mass is 10.0. The first-order valence-electron chi connectivity index (χ1n) is 16.9. The highest BCUT2D eigenvalue weighted by Gasteiger charge is 2.33. The maximum Gasteiger partial charge on any atom is 0.338 e. The summed E-state index contributed by atoms with van der Waals surface area (Å²) >= 11 is 1.28. The van der Waals surface area contributed by atoms with Crippen LogP contribution >= 0.6 is 11.8 Å². The van der Waals surface area contributed by atoms with Gasteiger partial charge in [0.05, 0.1) is 29.3 Å². The molecule has 4 N–H and O–H groups in total. The van der Waals surface area contributed by atoms with Crippen molar-refractivity contribution in [2.24, 2.45) is 0 Å². The highest BCUT2D eigenvalue weighted by Crippen LogP contribution is 2.40. The molecule has 1 amide bonds. The van der Waals surface area contributed by atoms with E-state index in [1.54, 1.807) is 42.6 Å². The number of carbonyl (C=O) groups is 2. The summed E-state index contributed by atoms with van der Waals surface area (Å²) in [6.45, 7) is 1.77. The standard InChI is InChI=1S/C40H39N3O8S2/c1-26-12-18-33(19-13-26)53(48,49)43-35(21-27-7-3-2-4-8-27)37(45)42-31-10-5-9-30(22-31)40-50-32(25-52-38-34(39(46)47)11-6-20-41-38)23-36(51-40)29-16-14-28(24-44)15-17-29/h2-20,22,32,35-36,40,43-44H,21,23-25H2,1H3,(H,42,45)(H,46,47)/t32-,35+,36+,40?/m0/s1. The second kappa shape index (κ2) is 17.3. The second-order valence-electron chi connectivity index (χ2n) is 12.6. The Morgan fingerprint density at radius 1 is 0.887 bits per heavy atom. The number of pyridine rings is 1. The number of ether oxygens (including phenoxy) is 2.